The lowest BCUT2D eigenvalue weighted by Crippen LogP contribution is -2.49. The molecule has 4 heteroatoms. The molecule has 24 heavy (non-hydrogen) atoms. The Morgan fingerprint density at radius 3 is 2.33 bits per heavy atom. The molecule has 2 atom stereocenters. The summed E-state index contributed by atoms with van der Waals surface area (Å²) in [5.41, 5.74) is 0.979. The van der Waals surface area contributed by atoms with E-state index in [-0.39, 0.29) is 12.1 Å². The van der Waals surface area contributed by atoms with Crippen molar-refractivity contribution in [2.24, 2.45) is 0 Å². The van der Waals surface area contributed by atoms with E-state index in [1.165, 1.54) is 0 Å². The average Bonchev–Trinajstić information content (AvgIpc) is 2.61. The lowest BCUT2D eigenvalue weighted by molar-refractivity contribution is 0.0518. The topological polar surface area (TPSA) is 44.7 Å². The molecule has 1 aliphatic heterocycles. The van der Waals surface area contributed by atoms with E-state index in [0.29, 0.717) is 0 Å². The van der Waals surface area contributed by atoms with E-state index in [9.17, 15) is 5.11 Å². The lowest BCUT2D eigenvalue weighted by atomic mass is 9.95. The van der Waals surface area contributed by atoms with Gasteiger partial charge in [0.05, 0.1) is 12.2 Å². The Bertz CT molecular complexity index is 680. The largest absolute Gasteiger partial charge is 0.490 e. The summed E-state index contributed by atoms with van der Waals surface area (Å²) in [6, 6.07) is 12.3. The van der Waals surface area contributed by atoms with E-state index >= 15 is 0 Å². The zero-order valence-corrected chi connectivity index (χ0v) is 14.8. The molecule has 1 saturated heterocycles. The molecule has 2 N–H and O–H groups in total. The van der Waals surface area contributed by atoms with Gasteiger partial charge >= 0.3 is 0 Å². The number of piperazine rings is 1. The van der Waals surface area contributed by atoms with Crippen LogP contribution in [0.25, 0.3) is 10.8 Å². The van der Waals surface area contributed by atoms with Crippen LogP contribution in [0, 0.1) is 0 Å². The first kappa shape index (κ1) is 17.2. The van der Waals surface area contributed by atoms with Gasteiger partial charge in [0.1, 0.15) is 5.75 Å². The monoisotopic (exact) mass is 328 g/mol. The summed E-state index contributed by atoms with van der Waals surface area (Å²) >= 11 is 0. The van der Waals surface area contributed by atoms with Crippen molar-refractivity contribution in [1.82, 2.24) is 10.2 Å². The number of aliphatic hydroxyl groups is 1. The number of benzene rings is 2. The van der Waals surface area contributed by atoms with E-state index in [0.717, 1.165) is 48.3 Å². The molecule has 1 fully saturated rings. The number of nitrogens with zero attached hydrogens (tertiary/aromatic N) is 1. The Morgan fingerprint density at radius 1 is 1.00 bits per heavy atom. The minimum Gasteiger partial charge on any atom is -0.490 e. The zero-order chi connectivity index (χ0) is 17.1. The average molecular weight is 328 g/mol. The third-order valence-corrected chi connectivity index (χ3v) is 4.78. The van der Waals surface area contributed by atoms with Crippen molar-refractivity contribution >= 4 is 10.8 Å². The molecule has 130 valence electrons. The first-order valence-electron chi connectivity index (χ1n) is 8.89. The van der Waals surface area contributed by atoms with Gasteiger partial charge in [0, 0.05) is 37.6 Å². The number of hydrogen-bond acceptors (Lipinski definition) is 4. The summed E-state index contributed by atoms with van der Waals surface area (Å²) in [5.74, 6) is 0.881. The number of rotatable bonds is 5. The van der Waals surface area contributed by atoms with Crippen LogP contribution >= 0.6 is 0 Å². The molecule has 0 saturated carbocycles. The number of fused-ring (bicyclic) bond motifs is 1. The number of hydrogen-bond donors (Lipinski definition) is 2. The molecule has 3 rings (SSSR count). The second kappa shape index (κ2) is 7.51. The molecular weight excluding hydrogens is 300 g/mol. The molecular formula is C20H28N2O2. The van der Waals surface area contributed by atoms with E-state index in [1.54, 1.807) is 0 Å². The van der Waals surface area contributed by atoms with Crippen LogP contribution in [0.3, 0.4) is 0 Å². The highest BCUT2D eigenvalue weighted by atomic mass is 16.5. The summed E-state index contributed by atoms with van der Waals surface area (Å²) < 4.78 is 5.94. The number of aliphatic hydroxyl groups excluding tert-OH is 1. The van der Waals surface area contributed by atoms with Crippen molar-refractivity contribution in [3.05, 3.63) is 42.0 Å². The van der Waals surface area contributed by atoms with E-state index < -0.39 is 6.10 Å². The fourth-order valence-electron chi connectivity index (χ4n) is 3.46. The van der Waals surface area contributed by atoms with Crippen LogP contribution in [0.15, 0.2) is 36.4 Å². The highest BCUT2D eigenvalue weighted by Gasteiger charge is 2.26. The quantitative estimate of drug-likeness (QED) is 0.886. The van der Waals surface area contributed by atoms with Gasteiger partial charge in [0.2, 0.25) is 0 Å². The maximum atomic E-state index is 11.0. The van der Waals surface area contributed by atoms with Crippen LogP contribution in [0.2, 0.25) is 0 Å². The van der Waals surface area contributed by atoms with Crippen molar-refractivity contribution in [3.63, 3.8) is 0 Å². The molecule has 2 aromatic carbocycles. The molecule has 0 spiro atoms. The molecule has 0 aliphatic carbocycles. The van der Waals surface area contributed by atoms with E-state index in [1.807, 2.05) is 38.1 Å². The van der Waals surface area contributed by atoms with Crippen LogP contribution in [-0.2, 0) is 0 Å². The normalized spacial score (nSPS) is 18.7. The Hall–Kier alpha value is -1.62. The van der Waals surface area contributed by atoms with Gasteiger partial charge in [-0.2, -0.15) is 0 Å². The third-order valence-electron chi connectivity index (χ3n) is 4.78. The van der Waals surface area contributed by atoms with Crippen LogP contribution < -0.4 is 10.1 Å². The second-order valence-corrected chi connectivity index (χ2v) is 6.84. The predicted octanol–water partition coefficient (Wildman–Crippen LogP) is 2.95. The summed E-state index contributed by atoms with van der Waals surface area (Å²) in [7, 11) is 0. The van der Waals surface area contributed by atoms with Crippen molar-refractivity contribution in [3.8, 4) is 5.75 Å². The van der Waals surface area contributed by atoms with Crippen molar-refractivity contribution in [2.75, 3.05) is 26.2 Å². The van der Waals surface area contributed by atoms with Gasteiger partial charge in [-0.1, -0.05) is 30.3 Å². The molecule has 2 unspecified atom stereocenters. The SMILES string of the molecule is CC(C)Oc1ccc(C(O)C(C)N2CCNCC2)c2ccccc12. The first-order valence-corrected chi connectivity index (χ1v) is 8.89. The summed E-state index contributed by atoms with van der Waals surface area (Å²) in [4.78, 5) is 2.36. The Labute approximate surface area is 144 Å². The van der Waals surface area contributed by atoms with Gasteiger partial charge < -0.3 is 15.2 Å². The van der Waals surface area contributed by atoms with Gasteiger partial charge in [-0.05, 0) is 37.8 Å². The van der Waals surface area contributed by atoms with Gasteiger partial charge in [0.25, 0.3) is 0 Å². The highest BCUT2D eigenvalue weighted by molar-refractivity contribution is 5.91. The van der Waals surface area contributed by atoms with Gasteiger partial charge in [0.15, 0.2) is 0 Å². The van der Waals surface area contributed by atoms with Gasteiger partial charge in [-0.15, -0.1) is 0 Å². The van der Waals surface area contributed by atoms with E-state index in [2.05, 4.69) is 29.3 Å². The number of ether oxygens (including phenoxy) is 1. The molecule has 4 nitrogen and oxygen atoms in total. The van der Waals surface area contributed by atoms with Gasteiger partial charge in [-0.25, -0.2) is 0 Å². The Balaban J connectivity index is 1.94. The predicted molar refractivity (Wildman–Crippen MR) is 98.6 cm³/mol. The highest BCUT2D eigenvalue weighted by Crippen LogP contribution is 2.34. The first-order chi connectivity index (χ1) is 11.6. The standard InChI is InChI=1S/C20H28N2O2/c1-14(2)24-19-9-8-18(16-6-4-5-7-17(16)19)20(23)15(3)22-12-10-21-11-13-22/h4-9,14-15,20-21,23H,10-13H2,1-3H3. The molecule has 2 aromatic rings. The minimum atomic E-state index is -0.513. The Kier molecular flexibility index (Phi) is 5.39. The maximum absolute atomic E-state index is 11.0. The zero-order valence-electron chi connectivity index (χ0n) is 14.8. The van der Waals surface area contributed by atoms with Crippen LogP contribution in [0.4, 0.5) is 0 Å². The summed E-state index contributed by atoms with van der Waals surface area (Å²) in [6.07, 6.45) is -0.384. The van der Waals surface area contributed by atoms with E-state index in [4.69, 9.17) is 4.74 Å². The van der Waals surface area contributed by atoms with Crippen molar-refractivity contribution in [1.29, 1.82) is 0 Å². The summed E-state index contributed by atoms with van der Waals surface area (Å²) in [6.45, 7) is 10.1. The maximum Gasteiger partial charge on any atom is 0.127 e. The third kappa shape index (κ3) is 3.56. The lowest BCUT2D eigenvalue weighted by Gasteiger charge is -2.35. The second-order valence-electron chi connectivity index (χ2n) is 6.84. The molecule has 0 amide bonds. The molecule has 0 radical (unpaired) electrons. The molecule has 0 aromatic heterocycles. The number of nitrogens with one attached hydrogen (secondary N) is 1. The molecule has 1 heterocycles. The fourth-order valence-corrected chi connectivity index (χ4v) is 3.46. The fraction of sp³-hybridized carbons (Fsp3) is 0.500. The van der Waals surface area contributed by atoms with Crippen molar-refractivity contribution < 1.29 is 9.84 Å². The summed E-state index contributed by atoms with van der Waals surface area (Å²) in [5, 5.41) is 16.5. The van der Waals surface area contributed by atoms with Gasteiger partial charge in [-0.3, -0.25) is 4.90 Å². The van der Waals surface area contributed by atoms with Crippen LogP contribution in [-0.4, -0.2) is 48.3 Å². The molecule has 0 bridgehead atoms. The minimum absolute atomic E-state index is 0.0902. The van der Waals surface area contributed by atoms with Crippen LogP contribution in [0.5, 0.6) is 5.75 Å². The van der Waals surface area contributed by atoms with Crippen molar-refractivity contribution in [2.45, 2.75) is 39.0 Å². The Morgan fingerprint density at radius 2 is 1.67 bits per heavy atom. The van der Waals surface area contributed by atoms with Crippen LogP contribution in [0.1, 0.15) is 32.4 Å². The smallest absolute Gasteiger partial charge is 0.127 e. The molecule has 1 aliphatic rings.